The quantitative estimate of drug-likeness (QED) is 0.391. The molecule has 0 bridgehead atoms. The number of imidazole rings is 1. The number of hydrogen-bond acceptors (Lipinski definition) is 2. The van der Waals surface area contributed by atoms with Crippen LogP contribution in [0.5, 0.6) is 0 Å². The van der Waals surface area contributed by atoms with E-state index in [1.165, 1.54) is 27.8 Å². The predicted octanol–water partition coefficient (Wildman–Crippen LogP) is 6.29. The molecule has 28 heavy (non-hydrogen) atoms. The highest BCUT2D eigenvalue weighted by Crippen LogP contribution is 2.32. The number of benzene rings is 2. The first-order valence-electron chi connectivity index (χ1n) is 9.59. The van der Waals surface area contributed by atoms with Gasteiger partial charge in [-0.15, -0.1) is 0 Å². The Hall–Kier alpha value is -3.20. The second-order valence-electron chi connectivity index (χ2n) is 7.77. The van der Waals surface area contributed by atoms with Crippen molar-refractivity contribution in [3.63, 3.8) is 0 Å². The number of aromatic nitrogens is 2. The minimum Gasteiger partial charge on any atom is -0.284 e. The van der Waals surface area contributed by atoms with Crippen molar-refractivity contribution in [2.24, 2.45) is 4.99 Å². The highest BCUT2D eigenvalue weighted by molar-refractivity contribution is 5.85. The van der Waals surface area contributed by atoms with Gasteiger partial charge in [-0.05, 0) is 63.9 Å². The molecule has 0 unspecified atom stereocenters. The van der Waals surface area contributed by atoms with E-state index in [4.69, 9.17) is 9.98 Å². The molecule has 4 aromatic rings. The number of hydrogen-bond donors (Lipinski definition) is 0. The molecule has 140 valence electrons. The Morgan fingerprint density at radius 1 is 0.750 bits per heavy atom. The fraction of sp³-hybridized carbons (Fsp3) is 0.200. The van der Waals surface area contributed by atoms with E-state index in [-0.39, 0.29) is 0 Å². The Morgan fingerprint density at radius 3 is 2.00 bits per heavy atom. The average Bonchev–Trinajstić information content (AvgIpc) is 2.96. The molecule has 2 aromatic heterocycles. The van der Waals surface area contributed by atoms with Crippen molar-refractivity contribution >= 4 is 17.7 Å². The van der Waals surface area contributed by atoms with Gasteiger partial charge in [0.1, 0.15) is 11.3 Å². The Labute approximate surface area is 166 Å². The highest BCUT2D eigenvalue weighted by Gasteiger charge is 2.14. The lowest BCUT2D eigenvalue weighted by molar-refractivity contribution is 1.14. The SMILES string of the molecule is Cc1cc(C)cc(/C=N/c2c(-c3cc(C)cc(C)c3)nc3ccc(C)cn23)c1. The number of aliphatic imine (C=N–C) groups is 1. The van der Waals surface area contributed by atoms with E-state index in [2.05, 4.69) is 93.7 Å². The van der Waals surface area contributed by atoms with Crippen LogP contribution in [-0.2, 0) is 0 Å². The summed E-state index contributed by atoms with van der Waals surface area (Å²) >= 11 is 0. The van der Waals surface area contributed by atoms with Crippen LogP contribution >= 0.6 is 0 Å². The molecule has 0 radical (unpaired) electrons. The first-order chi connectivity index (χ1) is 13.4. The topological polar surface area (TPSA) is 29.7 Å². The molecule has 0 atom stereocenters. The third-order valence-electron chi connectivity index (χ3n) is 4.82. The van der Waals surface area contributed by atoms with Crippen LogP contribution in [-0.4, -0.2) is 15.6 Å². The van der Waals surface area contributed by atoms with Gasteiger partial charge in [-0.25, -0.2) is 9.98 Å². The van der Waals surface area contributed by atoms with Gasteiger partial charge in [0.25, 0.3) is 0 Å². The van der Waals surface area contributed by atoms with E-state index in [0.29, 0.717) is 0 Å². The Morgan fingerprint density at radius 2 is 1.36 bits per heavy atom. The van der Waals surface area contributed by atoms with Crippen LogP contribution in [0.4, 0.5) is 5.82 Å². The van der Waals surface area contributed by atoms with Gasteiger partial charge >= 0.3 is 0 Å². The standard InChI is InChI=1S/C25H25N3/c1-16-6-7-23-27-24(22-12-19(4)9-20(5)13-22)25(28(23)15-16)26-14-21-10-17(2)8-18(3)11-21/h6-15H,1-5H3/b26-14+. The fourth-order valence-corrected chi connectivity index (χ4v) is 3.79. The summed E-state index contributed by atoms with van der Waals surface area (Å²) in [5.74, 6) is 0.864. The zero-order valence-corrected chi connectivity index (χ0v) is 17.1. The Kier molecular flexibility index (Phi) is 4.60. The molecule has 0 amide bonds. The second kappa shape index (κ2) is 7.08. The molecule has 0 N–H and O–H groups in total. The Bertz CT molecular complexity index is 1170. The van der Waals surface area contributed by atoms with Gasteiger partial charge in [0, 0.05) is 18.0 Å². The van der Waals surface area contributed by atoms with Gasteiger partial charge in [0.2, 0.25) is 0 Å². The van der Waals surface area contributed by atoms with Crippen LogP contribution in [0, 0.1) is 34.6 Å². The molecule has 2 heterocycles. The molecule has 3 nitrogen and oxygen atoms in total. The van der Waals surface area contributed by atoms with Crippen molar-refractivity contribution in [3.8, 4) is 11.3 Å². The summed E-state index contributed by atoms with van der Waals surface area (Å²) < 4.78 is 2.08. The highest BCUT2D eigenvalue weighted by atomic mass is 15.1. The zero-order valence-electron chi connectivity index (χ0n) is 17.1. The van der Waals surface area contributed by atoms with Crippen molar-refractivity contribution in [1.82, 2.24) is 9.38 Å². The maximum atomic E-state index is 4.90. The molecule has 0 saturated heterocycles. The first kappa shape index (κ1) is 18.2. The summed E-state index contributed by atoms with van der Waals surface area (Å²) in [6.07, 6.45) is 4.04. The van der Waals surface area contributed by atoms with Crippen LogP contribution in [0.2, 0.25) is 0 Å². The molecular formula is C25H25N3. The second-order valence-corrected chi connectivity index (χ2v) is 7.77. The smallest absolute Gasteiger partial charge is 0.165 e. The lowest BCUT2D eigenvalue weighted by atomic mass is 10.1. The summed E-state index contributed by atoms with van der Waals surface area (Å²) in [6, 6.07) is 17.2. The first-order valence-corrected chi connectivity index (χ1v) is 9.59. The maximum absolute atomic E-state index is 4.90. The summed E-state index contributed by atoms with van der Waals surface area (Å²) in [4.78, 5) is 9.80. The molecule has 3 heteroatoms. The van der Waals surface area contributed by atoms with Crippen molar-refractivity contribution in [3.05, 3.63) is 88.1 Å². The van der Waals surface area contributed by atoms with E-state index < -0.39 is 0 Å². The van der Waals surface area contributed by atoms with Gasteiger partial charge < -0.3 is 0 Å². The molecular weight excluding hydrogens is 342 g/mol. The van der Waals surface area contributed by atoms with E-state index >= 15 is 0 Å². The third kappa shape index (κ3) is 3.61. The van der Waals surface area contributed by atoms with Gasteiger partial charge in [0.15, 0.2) is 5.82 Å². The lowest BCUT2D eigenvalue weighted by Gasteiger charge is -2.05. The average molecular weight is 367 g/mol. The zero-order chi connectivity index (χ0) is 19.8. The number of rotatable bonds is 3. The molecule has 4 rings (SSSR count). The van der Waals surface area contributed by atoms with Crippen LogP contribution < -0.4 is 0 Å². The fourth-order valence-electron chi connectivity index (χ4n) is 3.79. The summed E-state index contributed by atoms with van der Waals surface area (Å²) in [5.41, 5.74) is 10.2. The van der Waals surface area contributed by atoms with Crippen LogP contribution in [0.3, 0.4) is 0 Å². The molecule has 0 aliphatic carbocycles. The monoisotopic (exact) mass is 367 g/mol. The van der Waals surface area contributed by atoms with E-state index in [1.807, 2.05) is 6.21 Å². The molecule has 0 spiro atoms. The van der Waals surface area contributed by atoms with Crippen LogP contribution in [0.15, 0.2) is 59.7 Å². The van der Waals surface area contributed by atoms with Crippen molar-refractivity contribution in [2.45, 2.75) is 34.6 Å². The number of aryl methyl sites for hydroxylation is 5. The molecule has 0 fully saturated rings. The predicted molar refractivity (Wildman–Crippen MR) is 118 cm³/mol. The molecule has 0 saturated carbocycles. The molecule has 0 aliphatic rings. The van der Waals surface area contributed by atoms with E-state index in [0.717, 1.165) is 28.3 Å². The summed E-state index contributed by atoms with van der Waals surface area (Å²) in [5, 5.41) is 0. The maximum Gasteiger partial charge on any atom is 0.165 e. The van der Waals surface area contributed by atoms with Crippen molar-refractivity contribution in [2.75, 3.05) is 0 Å². The molecule has 2 aromatic carbocycles. The largest absolute Gasteiger partial charge is 0.284 e. The summed E-state index contributed by atoms with van der Waals surface area (Å²) in [6.45, 7) is 10.6. The van der Waals surface area contributed by atoms with Crippen LogP contribution in [0.1, 0.15) is 33.4 Å². The van der Waals surface area contributed by atoms with E-state index in [9.17, 15) is 0 Å². The minimum absolute atomic E-state index is 0.864. The van der Waals surface area contributed by atoms with Gasteiger partial charge in [-0.1, -0.05) is 52.6 Å². The summed E-state index contributed by atoms with van der Waals surface area (Å²) in [7, 11) is 0. The van der Waals surface area contributed by atoms with Gasteiger partial charge in [0.05, 0.1) is 0 Å². The third-order valence-corrected chi connectivity index (χ3v) is 4.82. The van der Waals surface area contributed by atoms with Crippen LogP contribution in [0.25, 0.3) is 16.9 Å². The van der Waals surface area contributed by atoms with Gasteiger partial charge in [-0.3, -0.25) is 4.40 Å². The number of nitrogens with zero attached hydrogens (tertiary/aromatic N) is 3. The lowest BCUT2D eigenvalue weighted by Crippen LogP contribution is -1.89. The number of fused-ring (bicyclic) bond motifs is 1. The minimum atomic E-state index is 0.864. The van der Waals surface area contributed by atoms with E-state index in [1.54, 1.807) is 0 Å². The number of pyridine rings is 1. The molecule has 0 aliphatic heterocycles. The van der Waals surface area contributed by atoms with Crippen molar-refractivity contribution in [1.29, 1.82) is 0 Å². The van der Waals surface area contributed by atoms with Crippen molar-refractivity contribution < 1.29 is 0 Å². The van der Waals surface area contributed by atoms with Gasteiger partial charge in [-0.2, -0.15) is 0 Å². The normalized spacial score (nSPS) is 11.6. The Balaban J connectivity index is 1.92.